The molecule has 0 unspecified atom stereocenters. The molecule has 1 saturated heterocycles. The van der Waals surface area contributed by atoms with E-state index >= 15 is 0 Å². The van der Waals surface area contributed by atoms with Gasteiger partial charge in [0.25, 0.3) is 11.5 Å². The smallest absolute Gasteiger partial charge is 0.272 e. The molecule has 1 aliphatic carbocycles. The second-order valence-corrected chi connectivity index (χ2v) is 8.87. The van der Waals surface area contributed by atoms with Crippen LogP contribution in [0.15, 0.2) is 47.3 Å². The molecule has 2 fully saturated rings. The fraction of sp³-hybridized carbons (Fsp3) is 0.400. The van der Waals surface area contributed by atoms with Gasteiger partial charge < -0.3 is 9.64 Å². The second kappa shape index (κ2) is 8.13. The summed E-state index contributed by atoms with van der Waals surface area (Å²) >= 11 is 0. The summed E-state index contributed by atoms with van der Waals surface area (Å²) in [4.78, 5) is 27.1. The maximum atomic E-state index is 14.7. The van der Waals surface area contributed by atoms with Crippen molar-refractivity contribution in [1.29, 1.82) is 0 Å². The summed E-state index contributed by atoms with van der Waals surface area (Å²) in [5, 5.41) is 8.04. The average Bonchev–Trinajstić information content (AvgIpc) is 2.75. The van der Waals surface area contributed by atoms with Crippen LogP contribution in [0.1, 0.15) is 54.2 Å². The highest BCUT2D eigenvalue weighted by Gasteiger charge is 2.56. The van der Waals surface area contributed by atoms with Crippen molar-refractivity contribution in [2.75, 3.05) is 13.2 Å². The Morgan fingerprint density at radius 1 is 1.25 bits per heavy atom. The minimum absolute atomic E-state index is 0.0910. The van der Waals surface area contributed by atoms with Crippen LogP contribution in [0, 0.1) is 5.82 Å². The van der Waals surface area contributed by atoms with Gasteiger partial charge in [0, 0.05) is 30.5 Å². The number of likely N-dealkylation sites (tertiary alicyclic amines) is 1. The Labute approximate surface area is 185 Å². The molecule has 2 aliphatic rings. The number of carbonyl (C=O) groups is 1. The number of nitrogens with zero attached hydrogens (tertiary/aromatic N) is 2. The van der Waals surface area contributed by atoms with Crippen molar-refractivity contribution in [3.63, 3.8) is 0 Å². The Morgan fingerprint density at radius 3 is 2.75 bits per heavy atom. The quantitative estimate of drug-likeness (QED) is 0.639. The summed E-state index contributed by atoms with van der Waals surface area (Å²) in [6, 6.07) is 11.9. The van der Waals surface area contributed by atoms with E-state index in [1.54, 1.807) is 24.3 Å². The van der Waals surface area contributed by atoms with Crippen molar-refractivity contribution in [2.45, 2.75) is 50.7 Å². The number of hydrogen-bond donors (Lipinski definition) is 1. The van der Waals surface area contributed by atoms with Gasteiger partial charge >= 0.3 is 0 Å². The van der Waals surface area contributed by atoms with Gasteiger partial charge in [0.2, 0.25) is 0 Å². The molecular weight excluding hydrogens is 409 g/mol. The third kappa shape index (κ3) is 3.50. The Kier molecular flexibility index (Phi) is 5.29. The highest BCUT2D eigenvalue weighted by atomic mass is 19.1. The Morgan fingerprint density at radius 2 is 2.03 bits per heavy atom. The number of ether oxygens (including phenoxy) is 1. The van der Waals surface area contributed by atoms with Gasteiger partial charge in [-0.1, -0.05) is 31.2 Å². The SMILES string of the molecule is CCCOC1CC2(CCN2C(=O)c2cc(Cc3n[nH]c(=O)c4ccccc34)ccc2F)C1. The molecule has 1 amide bonds. The normalized spacial score (nSPS) is 22.1. The number of nitrogens with one attached hydrogen (secondary N) is 1. The van der Waals surface area contributed by atoms with Crippen LogP contribution in [0.3, 0.4) is 0 Å². The lowest BCUT2D eigenvalue weighted by atomic mass is 9.65. The molecule has 166 valence electrons. The summed E-state index contributed by atoms with van der Waals surface area (Å²) < 4.78 is 20.5. The first kappa shape index (κ1) is 20.8. The monoisotopic (exact) mass is 435 g/mol. The lowest BCUT2D eigenvalue weighted by Gasteiger charge is -2.61. The molecule has 5 rings (SSSR count). The summed E-state index contributed by atoms with van der Waals surface area (Å²) in [6.45, 7) is 3.46. The maximum Gasteiger partial charge on any atom is 0.272 e. The van der Waals surface area contributed by atoms with Crippen LogP contribution in [0.5, 0.6) is 0 Å². The average molecular weight is 435 g/mol. The zero-order valence-corrected chi connectivity index (χ0v) is 18.1. The van der Waals surface area contributed by atoms with Gasteiger partial charge in [-0.2, -0.15) is 5.10 Å². The van der Waals surface area contributed by atoms with Crippen LogP contribution in [-0.4, -0.2) is 45.8 Å². The third-order valence-electron chi connectivity index (χ3n) is 6.80. The number of H-pyrrole nitrogens is 1. The van der Waals surface area contributed by atoms with Crippen molar-refractivity contribution in [3.8, 4) is 0 Å². The van der Waals surface area contributed by atoms with E-state index in [1.807, 2.05) is 17.0 Å². The molecule has 32 heavy (non-hydrogen) atoms. The van der Waals surface area contributed by atoms with E-state index < -0.39 is 5.82 Å². The number of aromatic nitrogens is 2. The maximum absolute atomic E-state index is 14.7. The first-order chi connectivity index (χ1) is 15.5. The minimum Gasteiger partial charge on any atom is -0.378 e. The topological polar surface area (TPSA) is 75.3 Å². The molecule has 1 spiro atoms. The number of carbonyl (C=O) groups excluding carboxylic acids is 1. The molecule has 1 aliphatic heterocycles. The van der Waals surface area contributed by atoms with E-state index in [2.05, 4.69) is 17.1 Å². The summed E-state index contributed by atoms with van der Waals surface area (Å²) in [7, 11) is 0. The van der Waals surface area contributed by atoms with Gasteiger partial charge in [-0.3, -0.25) is 9.59 Å². The predicted octanol–water partition coefficient (Wildman–Crippen LogP) is 3.83. The molecule has 1 N–H and O–H groups in total. The van der Waals surface area contributed by atoms with E-state index in [1.165, 1.54) is 6.07 Å². The van der Waals surface area contributed by atoms with Crippen molar-refractivity contribution >= 4 is 16.7 Å². The summed E-state index contributed by atoms with van der Waals surface area (Å²) in [5.41, 5.74) is 1.12. The van der Waals surface area contributed by atoms with Crippen molar-refractivity contribution in [2.24, 2.45) is 0 Å². The predicted molar refractivity (Wildman–Crippen MR) is 119 cm³/mol. The van der Waals surface area contributed by atoms with E-state index in [9.17, 15) is 14.0 Å². The minimum atomic E-state index is -0.516. The molecule has 3 aromatic rings. The second-order valence-electron chi connectivity index (χ2n) is 8.87. The lowest BCUT2D eigenvalue weighted by molar-refractivity contribution is -0.136. The van der Waals surface area contributed by atoms with Crippen LogP contribution in [0.2, 0.25) is 0 Å². The molecule has 0 bridgehead atoms. The molecular formula is C25H26FN3O3. The molecule has 0 atom stereocenters. The van der Waals surface area contributed by atoms with E-state index in [0.29, 0.717) is 24.0 Å². The highest BCUT2D eigenvalue weighted by Crippen LogP contribution is 2.49. The summed E-state index contributed by atoms with van der Waals surface area (Å²) in [6.07, 6.45) is 4.15. The van der Waals surface area contributed by atoms with Crippen LogP contribution < -0.4 is 5.56 Å². The number of fused-ring (bicyclic) bond motifs is 1. The van der Waals surface area contributed by atoms with Gasteiger partial charge in [-0.05, 0) is 49.4 Å². The van der Waals surface area contributed by atoms with Gasteiger partial charge in [0.1, 0.15) is 5.82 Å². The summed E-state index contributed by atoms with van der Waals surface area (Å²) in [5.74, 6) is -0.776. The standard InChI is InChI=1S/C25H26FN3O3/c1-2-11-32-17-14-25(15-17)9-10-29(25)24(31)20-12-16(7-8-21(20)26)13-22-18-5-3-4-6-19(18)23(30)28-27-22/h3-8,12,17H,2,9-11,13-15H2,1H3,(H,28,30). The molecule has 2 heterocycles. The zero-order valence-electron chi connectivity index (χ0n) is 18.1. The van der Waals surface area contributed by atoms with E-state index in [0.717, 1.165) is 43.2 Å². The van der Waals surface area contributed by atoms with Gasteiger partial charge in [0.15, 0.2) is 0 Å². The Hall–Kier alpha value is -3.06. The number of rotatable bonds is 6. The number of hydrogen-bond acceptors (Lipinski definition) is 4. The van der Waals surface area contributed by atoms with Crippen LogP contribution >= 0.6 is 0 Å². The molecule has 2 aromatic carbocycles. The van der Waals surface area contributed by atoms with Gasteiger partial charge in [-0.25, -0.2) is 9.49 Å². The zero-order chi connectivity index (χ0) is 22.3. The molecule has 0 radical (unpaired) electrons. The van der Waals surface area contributed by atoms with Crippen molar-refractivity contribution in [1.82, 2.24) is 15.1 Å². The lowest BCUT2D eigenvalue weighted by Crippen LogP contribution is -2.69. The Bertz CT molecular complexity index is 1230. The first-order valence-electron chi connectivity index (χ1n) is 11.2. The molecule has 7 heteroatoms. The first-order valence-corrected chi connectivity index (χ1v) is 11.2. The van der Waals surface area contributed by atoms with E-state index in [4.69, 9.17) is 4.74 Å². The Balaban J connectivity index is 1.37. The van der Waals surface area contributed by atoms with Crippen molar-refractivity contribution in [3.05, 3.63) is 75.5 Å². The largest absolute Gasteiger partial charge is 0.378 e. The fourth-order valence-corrected chi connectivity index (χ4v) is 4.96. The van der Waals surface area contributed by atoms with Crippen LogP contribution in [-0.2, 0) is 11.2 Å². The van der Waals surface area contributed by atoms with Gasteiger partial charge in [-0.15, -0.1) is 0 Å². The fourth-order valence-electron chi connectivity index (χ4n) is 4.96. The number of aromatic amines is 1. The molecule has 6 nitrogen and oxygen atoms in total. The van der Waals surface area contributed by atoms with E-state index in [-0.39, 0.29) is 28.7 Å². The molecule has 1 aromatic heterocycles. The van der Waals surface area contributed by atoms with Crippen LogP contribution in [0.4, 0.5) is 4.39 Å². The number of benzene rings is 2. The van der Waals surface area contributed by atoms with Gasteiger partial charge in [0.05, 0.1) is 22.7 Å². The third-order valence-corrected chi connectivity index (χ3v) is 6.80. The highest BCUT2D eigenvalue weighted by molar-refractivity contribution is 5.96. The number of amides is 1. The number of halogens is 1. The van der Waals surface area contributed by atoms with Crippen molar-refractivity contribution < 1.29 is 13.9 Å². The van der Waals surface area contributed by atoms with Crippen LogP contribution in [0.25, 0.3) is 10.8 Å². The molecule has 1 saturated carbocycles.